The number of ether oxygens (including phenoxy) is 1. The van der Waals surface area contributed by atoms with Gasteiger partial charge in [-0.2, -0.15) is 15.2 Å². The van der Waals surface area contributed by atoms with Crippen molar-refractivity contribution in [2.75, 3.05) is 5.01 Å². The number of aryl methyl sites for hydroxylation is 1. The Morgan fingerprint density at radius 3 is 2.10 bits per heavy atom. The number of carbonyl (C=O) groups excluding carboxylic acids is 1. The normalized spacial score (nSPS) is 14.1. The van der Waals surface area contributed by atoms with Crippen LogP contribution in [0.2, 0.25) is 0 Å². The van der Waals surface area contributed by atoms with Gasteiger partial charge in [0.05, 0.1) is 28.4 Å². The lowest BCUT2D eigenvalue weighted by atomic mass is 10.0. The molecule has 0 bridgehead atoms. The van der Waals surface area contributed by atoms with Crippen LogP contribution in [0.5, 0.6) is 5.75 Å². The van der Waals surface area contributed by atoms with Crippen molar-refractivity contribution in [3.05, 3.63) is 138 Å². The molecule has 5 aromatic rings. The van der Waals surface area contributed by atoms with E-state index >= 15 is 0 Å². The summed E-state index contributed by atoms with van der Waals surface area (Å²) in [7, 11) is 0. The number of anilines is 1. The van der Waals surface area contributed by atoms with E-state index in [0.717, 1.165) is 39.5 Å². The van der Waals surface area contributed by atoms with Crippen molar-refractivity contribution < 1.29 is 9.53 Å². The van der Waals surface area contributed by atoms with E-state index in [2.05, 4.69) is 36.3 Å². The third-order valence-corrected chi connectivity index (χ3v) is 6.78. The van der Waals surface area contributed by atoms with E-state index < -0.39 is 0 Å². The predicted octanol–water partition coefficient (Wildman–Crippen LogP) is 7.23. The van der Waals surface area contributed by atoms with Gasteiger partial charge in [-0.3, -0.25) is 4.79 Å². The van der Waals surface area contributed by atoms with Crippen LogP contribution in [0.25, 0.3) is 23.0 Å². The van der Waals surface area contributed by atoms with Crippen LogP contribution in [-0.4, -0.2) is 21.4 Å². The fourth-order valence-electron chi connectivity index (χ4n) is 4.57. The zero-order valence-electron chi connectivity index (χ0n) is 22.4. The highest BCUT2D eigenvalue weighted by molar-refractivity contribution is 6.32. The Balaban J connectivity index is 1.32. The van der Waals surface area contributed by atoms with Crippen molar-refractivity contribution >= 4 is 23.4 Å². The Morgan fingerprint density at radius 1 is 0.775 bits per heavy atom. The summed E-state index contributed by atoms with van der Waals surface area (Å²) < 4.78 is 7.85. The van der Waals surface area contributed by atoms with E-state index in [1.807, 2.05) is 109 Å². The predicted molar refractivity (Wildman–Crippen MR) is 160 cm³/mol. The molecule has 2 heterocycles. The van der Waals surface area contributed by atoms with Crippen LogP contribution >= 0.6 is 0 Å². The minimum atomic E-state index is -0.165. The molecule has 0 radical (unpaired) electrons. The van der Waals surface area contributed by atoms with Crippen molar-refractivity contribution in [2.24, 2.45) is 5.10 Å². The highest BCUT2D eigenvalue weighted by Crippen LogP contribution is 2.30. The summed E-state index contributed by atoms with van der Waals surface area (Å²) in [6.07, 6.45) is 3.83. The molecule has 0 unspecified atom stereocenters. The first-order valence-corrected chi connectivity index (χ1v) is 13.2. The number of para-hydroxylation sites is 2. The first-order valence-electron chi connectivity index (χ1n) is 13.2. The summed E-state index contributed by atoms with van der Waals surface area (Å²) in [5, 5.41) is 10.9. The third kappa shape index (κ3) is 5.20. The second kappa shape index (κ2) is 10.9. The van der Waals surface area contributed by atoms with Gasteiger partial charge in [0.2, 0.25) is 0 Å². The van der Waals surface area contributed by atoms with Crippen LogP contribution < -0.4 is 9.75 Å². The van der Waals surface area contributed by atoms with Gasteiger partial charge in [0.1, 0.15) is 12.4 Å². The van der Waals surface area contributed by atoms with Crippen molar-refractivity contribution in [3.8, 4) is 22.7 Å². The quantitative estimate of drug-likeness (QED) is 0.211. The lowest BCUT2D eigenvalue weighted by Crippen LogP contribution is -2.21. The molecule has 6 heteroatoms. The fraction of sp³-hybridized carbons (Fsp3) is 0.0882. The Hall–Kier alpha value is -5.23. The largest absolute Gasteiger partial charge is 0.489 e. The molecule has 0 saturated carbocycles. The minimum Gasteiger partial charge on any atom is -0.489 e. The van der Waals surface area contributed by atoms with E-state index in [9.17, 15) is 4.79 Å². The summed E-state index contributed by atoms with van der Waals surface area (Å²) >= 11 is 0. The topological polar surface area (TPSA) is 59.7 Å². The van der Waals surface area contributed by atoms with Gasteiger partial charge in [0, 0.05) is 17.3 Å². The minimum absolute atomic E-state index is 0.165. The Morgan fingerprint density at radius 2 is 1.43 bits per heavy atom. The molecule has 0 N–H and O–H groups in total. The molecule has 0 spiro atoms. The van der Waals surface area contributed by atoms with E-state index in [4.69, 9.17) is 9.84 Å². The van der Waals surface area contributed by atoms with Crippen molar-refractivity contribution in [1.29, 1.82) is 0 Å². The monoisotopic (exact) mass is 524 g/mol. The van der Waals surface area contributed by atoms with Gasteiger partial charge in [-0.15, -0.1) is 0 Å². The number of carbonyl (C=O) groups is 1. The first kappa shape index (κ1) is 25.1. The number of hydrazone groups is 1. The summed E-state index contributed by atoms with van der Waals surface area (Å²) in [5.41, 5.74) is 7.71. The van der Waals surface area contributed by atoms with Crippen LogP contribution in [-0.2, 0) is 11.4 Å². The molecule has 40 heavy (non-hydrogen) atoms. The van der Waals surface area contributed by atoms with E-state index in [1.54, 1.807) is 0 Å². The molecule has 6 nitrogen and oxygen atoms in total. The second-order valence-corrected chi connectivity index (χ2v) is 9.71. The maximum absolute atomic E-state index is 13.4. The maximum Gasteiger partial charge on any atom is 0.280 e. The molecule has 0 fully saturated rings. The molecule has 1 amide bonds. The molecule has 0 atom stereocenters. The zero-order chi connectivity index (χ0) is 27.5. The van der Waals surface area contributed by atoms with Crippen LogP contribution in [0.3, 0.4) is 0 Å². The number of rotatable bonds is 7. The lowest BCUT2D eigenvalue weighted by molar-refractivity contribution is -0.114. The molecule has 1 aromatic heterocycles. The molecular formula is C34H28N4O2. The number of amides is 1. The number of aromatic nitrogens is 2. The highest BCUT2D eigenvalue weighted by atomic mass is 16.5. The average Bonchev–Trinajstić information content (AvgIpc) is 3.55. The summed E-state index contributed by atoms with van der Waals surface area (Å²) in [5.74, 6) is 0.612. The Kier molecular flexibility index (Phi) is 6.81. The van der Waals surface area contributed by atoms with Gasteiger partial charge < -0.3 is 4.74 Å². The van der Waals surface area contributed by atoms with Gasteiger partial charge in [-0.25, -0.2) is 4.68 Å². The standard InChI is InChI=1S/C34H28N4O2/c1-24-13-15-26(16-14-24)23-40-31-19-17-27(18-20-31)33-28(22-37(36-33)29-9-5-3-6-10-29)21-32-25(2)35-38(34(32)39)30-11-7-4-8-12-30/h3-22H,23H2,1-2H3. The summed E-state index contributed by atoms with van der Waals surface area (Å²) in [6.45, 7) is 4.43. The van der Waals surface area contributed by atoms with E-state index in [-0.39, 0.29) is 5.91 Å². The second-order valence-electron chi connectivity index (χ2n) is 9.71. The molecular weight excluding hydrogens is 496 g/mol. The van der Waals surface area contributed by atoms with Crippen LogP contribution in [0, 0.1) is 6.92 Å². The van der Waals surface area contributed by atoms with Crippen LogP contribution in [0.4, 0.5) is 5.69 Å². The highest BCUT2D eigenvalue weighted by Gasteiger charge is 2.29. The fourth-order valence-corrected chi connectivity index (χ4v) is 4.57. The maximum atomic E-state index is 13.4. The Bertz CT molecular complexity index is 1700. The molecule has 0 saturated heterocycles. The average molecular weight is 525 g/mol. The lowest BCUT2D eigenvalue weighted by Gasteiger charge is -2.11. The molecule has 196 valence electrons. The van der Waals surface area contributed by atoms with Crippen molar-refractivity contribution in [1.82, 2.24) is 9.78 Å². The van der Waals surface area contributed by atoms with E-state index in [1.165, 1.54) is 10.6 Å². The molecule has 1 aliphatic rings. The molecule has 4 aromatic carbocycles. The zero-order valence-corrected chi connectivity index (χ0v) is 22.4. The smallest absolute Gasteiger partial charge is 0.280 e. The number of hydrogen-bond donors (Lipinski definition) is 0. The number of benzene rings is 4. The van der Waals surface area contributed by atoms with Gasteiger partial charge in [-0.05, 0) is 74.0 Å². The number of hydrogen-bond acceptors (Lipinski definition) is 4. The third-order valence-electron chi connectivity index (χ3n) is 6.78. The molecule has 0 aliphatic carbocycles. The van der Waals surface area contributed by atoms with Crippen molar-refractivity contribution in [3.63, 3.8) is 0 Å². The molecule has 1 aliphatic heterocycles. The first-order chi connectivity index (χ1) is 19.5. The number of nitrogens with zero attached hydrogens (tertiary/aromatic N) is 4. The van der Waals surface area contributed by atoms with Gasteiger partial charge in [0.25, 0.3) is 5.91 Å². The van der Waals surface area contributed by atoms with Gasteiger partial charge in [0.15, 0.2) is 0 Å². The summed E-state index contributed by atoms with van der Waals surface area (Å²) in [6, 6.07) is 35.6. The van der Waals surface area contributed by atoms with Crippen LogP contribution in [0.15, 0.2) is 126 Å². The summed E-state index contributed by atoms with van der Waals surface area (Å²) in [4.78, 5) is 13.4. The van der Waals surface area contributed by atoms with Gasteiger partial charge >= 0.3 is 0 Å². The molecule has 6 rings (SSSR count). The van der Waals surface area contributed by atoms with Crippen LogP contribution in [0.1, 0.15) is 23.6 Å². The van der Waals surface area contributed by atoms with Gasteiger partial charge in [-0.1, -0.05) is 66.2 Å². The van der Waals surface area contributed by atoms with E-state index in [0.29, 0.717) is 17.9 Å². The SMILES string of the molecule is CC1=NN(c2ccccc2)C(=O)C1=Cc1cn(-c2ccccc2)nc1-c1ccc(OCc2ccc(C)cc2)cc1. The van der Waals surface area contributed by atoms with Crippen molar-refractivity contribution in [2.45, 2.75) is 20.5 Å². The Labute approximate surface area is 233 Å².